The number of benzene rings is 1. The minimum atomic E-state index is -0.0642. The third kappa shape index (κ3) is 2.84. The van der Waals surface area contributed by atoms with Gasteiger partial charge in [-0.1, -0.05) is 13.8 Å². The molecule has 0 spiro atoms. The standard InChI is InChI=1S/C17H21N3O2/c1-10(2)17(21)18-16-14(11-4-5-11)19-20-15(16)12-6-8-13(22-3)9-7-12/h6-11H,4-5H2,1-3H3,(H,18,21)(H,19,20). The summed E-state index contributed by atoms with van der Waals surface area (Å²) >= 11 is 0. The number of carbonyl (C=O) groups is 1. The molecule has 0 unspecified atom stereocenters. The van der Waals surface area contributed by atoms with E-state index in [2.05, 4.69) is 15.5 Å². The van der Waals surface area contributed by atoms with Crippen LogP contribution in [0.5, 0.6) is 5.75 Å². The lowest BCUT2D eigenvalue weighted by atomic mass is 10.1. The summed E-state index contributed by atoms with van der Waals surface area (Å²) in [5.41, 5.74) is 3.62. The molecule has 1 aromatic carbocycles. The first-order valence-corrected chi connectivity index (χ1v) is 7.63. The Morgan fingerprint density at radius 3 is 2.55 bits per heavy atom. The number of carbonyl (C=O) groups excluding carboxylic acids is 1. The number of ether oxygens (including phenoxy) is 1. The first-order valence-electron chi connectivity index (χ1n) is 7.63. The highest BCUT2D eigenvalue weighted by molar-refractivity contribution is 5.96. The van der Waals surface area contributed by atoms with Gasteiger partial charge in [0.2, 0.25) is 5.91 Å². The highest BCUT2D eigenvalue weighted by Gasteiger charge is 2.31. The van der Waals surface area contributed by atoms with E-state index in [4.69, 9.17) is 4.74 Å². The van der Waals surface area contributed by atoms with E-state index in [1.54, 1.807) is 7.11 Å². The number of hydrogen-bond acceptors (Lipinski definition) is 3. The summed E-state index contributed by atoms with van der Waals surface area (Å²) < 4.78 is 5.19. The zero-order valence-electron chi connectivity index (χ0n) is 13.1. The van der Waals surface area contributed by atoms with Crippen LogP contribution in [0.2, 0.25) is 0 Å². The van der Waals surface area contributed by atoms with Gasteiger partial charge in [0.05, 0.1) is 18.5 Å². The van der Waals surface area contributed by atoms with Crippen molar-refractivity contribution in [3.05, 3.63) is 30.0 Å². The van der Waals surface area contributed by atoms with Crippen molar-refractivity contribution in [3.8, 4) is 17.0 Å². The minimum absolute atomic E-state index is 0.0121. The number of anilines is 1. The fraction of sp³-hybridized carbons (Fsp3) is 0.412. The van der Waals surface area contributed by atoms with Crippen LogP contribution in [-0.2, 0) is 4.79 Å². The third-order valence-electron chi connectivity index (χ3n) is 3.92. The Labute approximate surface area is 130 Å². The zero-order chi connectivity index (χ0) is 15.7. The van der Waals surface area contributed by atoms with E-state index in [9.17, 15) is 4.79 Å². The molecular weight excluding hydrogens is 278 g/mol. The quantitative estimate of drug-likeness (QED) is 0.887. The number of rotatable bonds is 5. The molecule has 1 aliphatic rings. The Kier molecular flexibility index (Phi) is 3.88. The highest BCUT2D eigenvalue weighted by atomic mass is 16.5. The largest absolute Gasteiger partial charge is 0.497 e. The van der Waals surface area contributed by atoms with E-state index in [0.717, 1.165) is 41.2 Å². The Morgan fingerprint density at radius 2 is 2.00 bits per heavy atom. The second-order valence-corrected chi connectivity index (χ2v) is 6.01. The van der Waals surface area contributed by atoms with Crippen LogP contribution in [0.15, 0.2) is 24.3 Å². The van der Waals surface area contributed by atoms with E-state index < -0.39 is 0 Å². The molecule has 0 bridgehead atoms. The molecule has 1 amide bonds. The smallest absolute Gasteiger partial charge is 0.227 e. The fourth-order valence-electron chi connectivity index (χ4n) is 2.37. The van der Waals surface area contributed by atoms with Gasteiger partial charge in [0, 0.05) is 17.4 Å². The third-order valence-corrected chi connectivity index (χ3v) is 3.92. The van der Waals surface area contributed by atoms with Crippen LogP contribution >= 0.6 is 0 Å². The maximum Gasteiger partial charge on any atom is 0.227 e. The van der Waals surface area contributed by atoms with E-state index in [1.165, 1.54) is 0 Å². The van der Waals surface area contributed by atoms with Crippen molar-refractivity contribution in [2.75, 3.05) is 12.4 Å². The Bertz CT molecular complexity index is 670. The van der Waals surface area contributed by atoms with Gasteiger partial charge in [0.15, 0.2) is 0 Å². The summed E-state index contributed by atoms with van der Waals surface area (Å²) in [6.07, 6.45) is 2.30. The fourth-order valence-corrected chi connectivity index (χ4v) is 2.37. The lowest BCUT2D eigenvalue weighted by molar-refractivity contribution is -0.118. The number of amides is 1. The molecule has 0 radical (unpaired) electrons. The number of nitrogens with zero attached hydrogens (tertiary/aromatic N) is 1. The highest BCUT2D eigenvalue weighted by Crippen LogP contribution is 2.45. The second-order valence-electron chi connectivity index (χ2n) is 6.01. The molecule has 2 aromatic rings. The van der Waals surface area contributed by atoms with Gasteiger partial charge in [0.25, 0.3) is 0 Å². The van der Waals surface area contributed by atoms with Crippen molar-refractivity contribution in [2.45, 2.75) is 32.6 Å². The van der Waals surface area contributed by atoms with Crippen LogP contribution in [0.1, 0.15) is 38.3 Å². The average molecular weight is 299 g/mol. The van der Waals surface area contributed by atoms with Gasteiger partial charge >= 0.3 is 0 Å². The number of aromatic nitrogens is 2. The van der Waals surface area contributed by atoms with Crippen LogP contribution in [0, 0.1) is 5.92 Å². The topological polar surface area (TPSA) is 67.0 Å². The molecule has 1 heterocycles. The van der Waals surface area contributed by atoms with Crippen molar-refractivity contribution < 1.29 is 9.53 Å². The first kappa shape index (κ1) is 14.6. The van der Waals surface area contributed by atoms with Crippen LogP contribution in [-0.4, -0.2) is 23.2 Å². The van der Waals surface area contributed by atoms with Crippen molar-refractivity contribution in [3.63, 3.8) is 0 Å². The Balaban J connectivity index is 1.97. The number of aromatic amines is 1. The van der Waals surface area contributed by atoms with Gasteiger partial charge in [-0.3, -0.25) is 9.89 Å². The number of nitrogens with one attached hydrogen (secondary N) is 2. The summed E-state index contributed by atoms with van der Waals surface area (Å²) in [6.45, 7) is 3.78. The number of H-pyrrole nitrogens is 1. The van der Waals surface area contributed by atoms with Gasteiger partial charge in [-0.25, -0.2) is 0 Å². The maximum atomic E-state index is 12.1. The molecule has 1 aromatic heterocycles. The van der Waals surface area contributed by atoms with E-state index in [1.807, 2.05) is 38.1 Å². The Hall–Kier alpha value is -2.30. The normalized spacial score (nSPS) is 14.2. The predicted molar refractivity (Wildman–Crippen MR) is 86.0 cm³/mol. The predicted octanol–water partition coefficient (Wildman–Crippen LogP) is 3.56. The molecule has 1 saturated carbocycles. The summed E-state index contributed by atoms with van der Waals surface area (Å²) in [7, 11) is 1.64. The zero-order valence-corrected chi connectivity index (χ0v) is 13.1. The Morgan fingerprint density at radius 1 is 1.32 bits per heavy atom. The van der Waals surface area contributed by atoms with E-state index >= 15 is 0 Å². The molecule has 22 heavy (non-hydrogen) atoms. The number of hydrogen-bond donors (Lipinski definition) is 2. The molecule has 0 atom stereocenters. The molecule has 1 fully saturated rings. The lowest BCUT2D eigenvalue weighted by Crippen LogP contribution is -2.18. The summed E-state index contributed by atoms with van der Waals surface area (Å²) in [5.74, 6) is 1.24. The SMILES string of the molecule is COc1ccc(-c2n[nH]c(C3CC3)c2NC(=O)C(C)C)cc1. The van der Waals surface area contributed by atoms with Gasteiger partial charge in [-0.05, 0) is 37.1 Å². The van der Waals surface area contributed by atoms with Gasteiger partial charge < -0.3 is 10.1 Å². The monoisotopic (exact) mass is 299 g/mol. The van der Waals surface area contributed by atoms with E-state index in [0.29, 0.717) is 5.92 Å². The molecule has 5 nitrogen and oxygen atoms in total. The van der Waals surface area contributed by atoms with Crippen LogP contribution in [0.4, 0.5) is 5.69 Å². The summed E-state index contributed by atoms with van der Waals surface area (Å²) in [6, 6.07) is 7.71. The second kappa shape index (κ2) is 5.83. The molecule has 3 rings (SSSR count). The molecule has 0 saturated heterocycles. The molecule has 2 N–H and O–H groups in total. The van der Waals surface area contributed by atoms with Crippen LogP contribution < -0.4 is 10.1 Å². The maximum absolute atomic E-state index is 12.1. The van der Waals surface area contributed by atoms with E-state index in [-0.39, 0.29) is 11.8 Å². The van der Waals surface area contributed by atoms with Crippen molar-refractivity contribution in [2.24, 2.45) is 5.92 Å². The van der Waals surface area contributed by atoms with Crippen molar-refractivity contribution in [1.82, 2.24) is 10.2 Å². The molecule has 5 heteroatoms. The minimum Gasteiger partial charge on any atom is -0.497 e. The molecular formula is C17H21N3O2. The molecule has 116 valence electrons. The molecule has 1 aliphatic carbocycles. The van der Waals surface area contributed by atoms with Crippen molar-refractivity contribution >= 4 is 11.6 Å². The average Bonchev–Trinajstić information content (AvgIpc) is 3.29. The van der Waals surface area contributed by atoms with Gasteiger partial charge in [-0.15, -0.1) is 0 Å². The van der Waals surface area contributed by atoms with Crippen LogP contribution in [0.3, 0.4) is 0 Å². The summed E-state index contributed by atoms with van der Waals surface area (Å²) in [4.78, 5) is 12.1. The number of methoxy groups -OCH3 is 1. The lowest BCUT2D eigenvalue weighted by Gasteiger charge is -2.10. The molecule has 0 aliphatic heterocycles. The van der Waals surface area contributed by atoms with Crippen molar-refractivity contribution in [1.29, 1.82) is 0 Å². The van der Waals surface area contributed by atoms with Crippen LogP contribution in [0.25, 0.3) is 11.3 Å². The van der Waals surface area contributed by atoms with Gasteiger partial charge in [0.1, 0.15) is 11.4 Å². The summed E-state index contributed by atoms with van der Waals surface area (Å²) in [5, 5.41) is 10.6. The van der Waals surface area contributed by atoms with Gasteiger partial charge in [-0.2, -0.15) is 5.10 Å². The first-order chi connectivity index (χ1) is 10.6.